The monoisotopic (exact) mass is 302 g/mol. The number of carbonyl (C=O) groups excluding carboxylic acids is 1. The van der Waals surface area contributed by atoms with E-state index in [1.807, 2.05) is 32.1 Å². The van der Waals surface area contributed by atoms with E-state index >= 15 is 0 Å². The number of hydrogen-bond acceptors (Lipinski definition) is 3. The van der Waals surface area contributed by atoms with Crippen LogP contribution in [0.2, 0.25) is 0 Å². The molecule has 1 aromatic heterocycles. The summed E-state index contributed by atoms with van der Waals surface area (Å²) in [7, 11) is 0. The zero-order valence-electron chi connectivity index (χ0n) is 13.6. The lowest BCUT2D eigenvalue weighted by molar-refractivity contribution is -0.112. The summed E-state index contributed by atoms with van der Waals surface area (Å²) in [4.78, 5) is 16.3. The highest BCUT2D eigenvalue weighted by Crippen LogP contribution is 2.27. The van der Waals surface area contributed by atoms with E-state index < -0.39 is 0 Å². The van der Waals surface area contributed by atoms with Crippen molar-refractivity contribution >= 4 is 11.7 Å². The van der Waals surface area contributed by atoms with Crippen molar-refractivity contribution in [2.75, 3.05) is 11.9 Å². The average molecular weight is 302 g/mol. The van der Waals surface area contributed by atoms with E-state index in [-0.39, 0.29) is 5.91 Å². The molecule has 1 aromatic rings. The molecule has 0 aliphatic heterocycles. The first-order valence-electron chi connectivity index (χ1n) is 8.26. The van der Waals surface area contributed by atoms with Gasteiger partial charge in [0.15, 0.2) is 11.6 Å². The molecule has 0 bridgehead atoms. The Bertz CT molecular complexity index is 520. The predicted octanol–water partition coefficient (Wildman–Crippen LogP) is 4.34. The van der Waals surface area contributed by atoms with Gasteiger partial charge in [-0.05, 0) is 44.2 Å². The maximum absolute atomic E-state index is 12.1. The van der Waals surface area contributed by atoms with E-state index in [1.54, 1.807) is 6.20 Å². The minimum absolute atomic E-state index is 0.122. The molecule has 1 aliphatic carbocycles. The zero-order valence-corrected chi connectivity index (χ0v) is 13.6. The Morgan fingerprint density at radius 1 is 1.41 bits per heavy atom. The van der Waals surface area contributed by atoms with Crippen molar-refractivity contribution in [1.29, 1.82) is 0 Å². The van der Waals surface area contributed by atoms with Crippen molar-refractivity contribution in [2.24, 2.45) is 5.92 Å². The van der Waals surface area contributed by atoms with Crippen LogP contribution in [0.1, 0.15) is 52.4 Å². The molecule has 0 unspecified atom stereocenters. The zero-order chi connectivity index (χ0) is 15.8. The van der Waals surface area contributed by atoms with Gasteiger partial charge < -0.3 is 10.1 Å². The molecule has 1 heterocycles. The maximum Gasteiger partial charge on any atom is 0.252 e. The quantitative estimate of drug-likeness (QED) is 0.795. The Kier molecular flexibility index (Phi) is 6.44. The van der Waals surface area contributed by atoms with Crippen molar-refractivity contribution in [1.82, 2.24) is 4.98 Å². The second-order valence-corrected chi connectivity index (χ2v) is 5.91. The highest BCUT2D eigenvalue weighted by Gasteiger charge is 2.16. The van der Waals surface area contributed by atoms with E-state index in [1.165, 1.54) is 32.1 Å². The van der Waals surface area contributed by atoms with Crippen LogP contribution in [-0.2, 0) is 4.79 Å². The molecule has 1 fully saturated rings. The van der Waals surface area contributed by atoms with Crippen molar-refractivity contribution in [2.45, 2.75) is 52.4 Å². The second-order valence-electron chi connectivity index (χ2n) is 5.91. The molecule has 0 atom stereocenters. The molecular formula is C18H26N2O2. The highest BCUT2D eigenvalue weighted by molar-refractivity contribution is 6.03. The number of ether oxygens (including phenoxy) is 1. The van der Waals surface area contributed by atoms with Gasteiger partial charge >= 0.3 is 0 Å². The van der Waals surface area contributed by atoms with Gasteiger partial charge in [0, 0.05) is 11.8 Å². The van der Waals surface area contributed by atoms with Gasteiger partial charge in [0.05, 0.1) is 6.61 Å². The Morgan fingerprint density at radius 2 is 2.18 bits per heavy atom. The standard InChI is InChI=1S/C18H26N2O2/c1-3-8-14(2)18(21)20-17-16(11-7-12-19-17)22-13-15-9-5-4-6-10-15/h7-8,11-12,15H,3-6,9-10,13H2,1-2H3,(H,19,20,21). The second kappa shape index (κ2) is 8.57. The lowest BCUT2D eigenvalue weighted by Gasteiger charge is -2.22. The Hall–Kier alpha value is -1.84. The third-order valence-corrected chi connectivity index (χ3v) is 4.07. The molecule has 1 aliphatic rings. The fourth-order valence-corrected chi connectivity index (χ4v) is 2.77. The van der Waals surface area contributed by atoms with Gasteiger partial charge in [-0.1, -0.05) is 32.3 Å². The summed E-state index contributed by atoms with van der Waals surface area (Å²) < 4.78 is 5.92. The van der Waals surface area contributed by atoms with Crippen molar-refractivity contribution < 1.29 is 9.53 Å². The van der Waals surface area contributed by atoms with Gasteiger partial charge in [-0.25, -0.2) is 4.98 Å². The molecule has 22 heavy (non-hydrogen) atoms. The van der Waals surface area contributed by atoms with Crippen LogP contribution < -0.4 is 10.1 Å². The van der Waals surface area contributed by atoms with E-state index in [2.05, 4.69) is 10.3 Å². The number of allylic oxidation sites excluding steroid dienone is 1. The van der Waals surface area contributed by atoms with Gasteiger partial charge in [0.1, 0.15) is 0 Å². The van der Waals surface area contributed by atoms with Crippen LogP contribution in [0.5, 0.6) is 5.75 Å². The largest absolute Gasteiger partial charge is 0.489 e. The van der Waals surface area contributed by atoms with E-state index in [0.29, 0.717) is 29.7 Å². The number of aromatic nitrogens is 1. The summed E-state index contributed by atoms with van der Waals surface area (Å²) in [5.41, 5.74) is 0.700. The van der Waals surface area contributed by atoms with E-state index in [4.69, 9.17) is 4.74 Å². The van der Waals surface area contributed by atoms with Gasteiger partial charge in [-0.3, -0.25) is 4.79 Å². The molecule has 1 saturated carbocycles. The van der Waals surface area contributed by atoms with Crippen LogP contribution >= 0.6 is 0 Å². The van der Waals surface area contributed by atoms with Gasteiger partial charge in [-0.2, -0.15) is 0 Å². The molecule has 2 rings (SSSR count). The number of nitrogens with one attached hydrogen (secondary N) is 1. The van der Waals surface area contributed by atoms with Gasteiger partial charge in [-0.15, -0.1) is 0 Å². The van der Waals surface area contributed by atoms with Gasteiger partial charge in [0.25, 0.3) is 5.91 Å². The first-order valence-corrected chi connectivity index (χ1v) is 8.26. The number of hydrogen-bond donors (Lipinski definition) is 1. The average Bonchev–Trinajstić information content (AvgIpc) is 2.55. The molecule has 4 heteroatoms. The Morgan fingerprint density at radius 3 is 2.91 bits per heavy atom. The Balaban J connectivity index is 1.97. The maximum atomic E-state index is 12.1. The molecule has 4 nitrogen and oxygen atoms in total. The summed E-state index contributed by atoms with van der Waals surface area (Å²) in [5.74, 6) is 1.67. The lowest BCUT2D eigenvalue weighted by atomic mass is 9.90. The predicted molar refractivity (Wildman–Crippen MR) is 89.0 cm³/mol. The van der Waals surface area contributed by atoms with Crippen molar-refractivity contribution in [3.05, 3.63) is 30.0 Å². The first-order chi connectivity index (χ1) is 10.7. The molecule has 1 N–H and O–H groups in total. The van der Waals surface area contributed by atoms with E-state index in [0.717, 1.165) is 6.42 Å². The highest BCUT2D eigenvalue weighted by atomic mass is 16.5. The number of amides is 1. The number of pyridine rings is 1. The topological polar surface area (TPSA) is 51.2 Å². The third-order valence-electron chi connectivity index (χ3n) is 4.07. The van der Waals surface area contributed by atoms with Crippen LogP contribution in [0.15, 0.2) is 30.0 Å². The van der Waals surface area contributed by atoms with Crippen LogP contribution in [0.4, 0.5) is 5.82 Å². The fraction of sp³-hybridized carbons (Fsp3) is 0.556. The molecule has 0 saturated heterocycles. The van der Waals surface area contributed by atoms with Crippen molar-refractivity contribution in [3.8, 4) is 5.75 Å². The summed E-state index contributed by atoms with van der Waals surface area (Å²) in [5, 5.41) is 2.84. The smallest absolute Gasteiger partial charge is 0.252 e. The molecule has 1 amide bonds. The molecule has 120 valence electrons. The summed E-state index contributed by atoms with van der Waals surface area (Å²) in [6, 6.07) is 3.70. The normalized spacial score (nSPS) is 16.4. The van der Waals surface area contributed by atoms with Crippen LogP contribution in [0.3, 0.4) is 0 Å². The molecule has 0 aromatic carbocycles. The number of carbonyl (C=O) groups is 1. The molecular weight excluding hydrogens is 276 g/mol. The first kappa shape index (κ1) is 16.5. The third kappa shape index (κ3) is 4.86. The Labute approximate surface area is 133 Å². The number of rotatable bonds is 6. The van der Waals surface area contributed by atoms with Crippen LogP contribution in [-0.4, -0.2) is 17.5 Å². The van der Waals surface area contributed by atoms with E-state index in [9.17, 15) is 4.79 Å². The minimum Gasteiger partial charge on any atom is -0.489 e. The van der Waals surface area contributed by atoms with Crippen molar-refractivity contribution in [3.63, 3.8) is 0 Å². The van der Waals surface area contributed by atoms with Crippen LogP contribution in [0, 0.1) is 5.92 Å². The molecule has 0 spiro atoms. The SMILES string of the molecule is CCC=C(C)C(=O)Nc1ncccc1OCC1CCCCC1. The van der Waals surface area contributed by atoms with Gasteiger partial charge in [0.2, 0.25) is 0 Å². The number of nitrogens with zero attached hydrogens (tertiary/aromatic N) is 1. The summed E-state index contributed by atoms with van der Waals surface area (Å²) >= 11 is 0. The lowest BCUT2D eigenvalue weighted by Crippen LogP contribution is -2.18. The van der Waals surface area contributed by atoms with Crippen LogP contribution in [0.25, 0.3) is 0 Å². The minimum atomic E-state index is -0.122. The summed E-state index contributed by atoms with van der Waals surface area (Å²) in [6.45, 7) is 4.53. The fourth-order valence-electron chi connectivity index (χ4n) is 2.77. The molecule has 0 radical (unpaired) electrons. The summed E-state index contributed by atoms with van der Waals surface area (Å²) in [6.07, 6.45) is 10.8. The number of anilines is 1.